The van der Waals surface area contributed by atoms with Crippen LogP contribution in [0, 0.1) is 17.8 Å². The highest BCUT2D eigenvalue weighted by Gasteiger charge is 2.52. The third-order valence-corrected chi connectivity index (χ3v) is 9.29. The van der Waals surface area contributed by atoms with Gasteiger partial charge in [-0.3, -0.25) is 0 Å². The molecule has 3 saturated heterocycles. The first-order valence-corrected chi connectivity index (χ1v) is 16.2. The van der Waals surface area contributed by atoms with Crippen molar-refractivity contribution in [1.82, 2.24) is 0 Å². The highest BCUT2D eigenvalue weighted by molar-refractivity contribution is 5.89. The quantitative estimate of drug-likeness (QED) is 0.0977. The van der Waals surface area contributed by atoms with E-state index >= 15 is 0 Å². The second-order valence-electron chi connectivity index (χ2n) is 12.3. The summed E-state index contributed by atoms with van der Waals surface area (Å²) in [6.07, 6.45) is -3.81. The molecule has 0 amide bonds. The summed E-state index contributed by atoms with van der Waals surface area (Å²) in [5, 5.41) is 15.3. The van der Waals surface area contributed by atoms with Gasteiger partial charge in [0.15, 0.2) is 18.9 Å². The Hall–Kier alpha value is -3.06. The van der Waals surface area contributed by atoms with Crippen molar-refractivity contribution in [2.24, 2.45) is 22.9 Å². The SMILES string of the molecule is CC1[C@@H](OC2[C@@H](OCCCCCN=[N+]=[N-])OC3COC(c4ccccc4)O[C@@H]3[C@@H]2O)OC(COC(=O)c2ccccc2)[C@H](C)[C@@H]1C. The molecule has 2 aromatic carbocycles. The summed E-state index contributed by atoms with van der Waals surface area (Å²) in [4.78, 5) is 15.5. The minimum absolute atomic E-state index is 0.0463. The number of ether oxygens (including phenoxy) is 7. The molecule has 5 unspecified atom stereocenters. The van der Waals surface area contributed by atoms with E-state index in [1.165, 1.54) is 0 Å². The predicted octanol–water partition coefficient (Wildman–Crippen LogP) is 5.56. The third-order valence-electron chi connectivity index (χ3n) is 9.29. The first-order valence-electron chi connectivity index (χ1n) is 16.2. The summed E-state index contributed by atoms with van der Waals surface area (Å²) in [5.74, 6) is -0.223. The van der Waals surface area contributed by atoms with E-state index < -0.39 is 55.4 Å². The van der Waals surface area contributed by atoms with E-state index in [9.17, 15) is 9.90 Å². The lowest BCUT2D eigenvalue weighted by Gasteiger charge is -2.50. The molecule has 12 nitrogen and oxygen atoms in total. The molecule has 3 fully saturated rings. The van der Waals surface area contributed by atoms with E-state index in [4.69, 9.17) is 38.7 Å². The van der Waals surface area contributed by atoms with E-state index in [1.54, 1.807) is 24.3 Å². The maximum atomic E-state index is 12.7. The van der Waals surface area contributed by atoms with Gasteiger partial charge in [0.1, 0.15) is 31.0 Å². The van der Waals surface area contributed by atoms with Crippen LogP contribution in [-0.4, -0.2) is 80.5 Å². The molecule has 0 spiro atoms. The Morgan fingerprint density at radius 2 is 1.67 bits per heavy atom. The number of fused-ring (bicyclic) bond motifs is 1. The number of aliphatic hydroxyl groups excluding tert-OH is 1. The maximum absolute atomic E-state index is 12.7. The zero-order chi connectivity index (χ0) is 32.5. The third kappa shape index (κ3) is 8.44. The van der Waals surface area contributed by atoms with Crippen molar-refractivity contribution in [3.8, 4) is 0 Å². The van der Waals surface area contributed by atoms with Crippen molar-refractivity contribution in [1.29, 1.82) is 0 Å². The lowest BCUT2D eigenvalue weighted by atomic mass is 9.79. The molecule has 1 N–H and O–H groups in total. The fourth-order valence-electron chi connectivity index (χ4n) is 6.13. The van der Waals surface area contributed by atoms with Gasteiger partial charge < -0.3 is 38.3 Å². The van der Waals surface area contributed by atoms with Gasteiger partial charge >= 0.3 is 5.97 Å². The number of unbranched alkanes of at least 4 members (excludes halogenated alkanes) is 2. The normalized spacial score (nSPS) is 34.2. The Bertz CT molecular complexity index is 1280. The van der Waals surface area contributed by atoms with Crippen molar-refractivity contribution in [3.63, 3.8) is 0 Å². The molecule has 46 heavy (non-hydrogen) atoms. The molecule has 0 aromatic heterocycles. The van der Waals surface area contributed by atoms with Crippen LogP contribution in [0.3, 0.4) is 0 Å². The summed E-state index contributed by atoms with van der Waals surface area (Å²) in [6, 6.07) is 18.4. The van der Waals surface area contributed by atoms with E-state index in [1.807, 2.05) is 43.3 Å². The average Bonchev–Trinajstić information content (AvgIpc) is 3.09. The van der Waals surface area contributed by atoms with Gasteiger partial charge in [-0.05, 0) is 42.3 Å². The van der Waals surface area contributed by atoms with E-state index in [2.05, 4.69) is 23.9 Å². The van der Waals surface area contributed by atoms with E-state index in [0.717, 1.165) is 18.4 Å². The van der Waals surface area contributed by atoms with Crippen molar-refractivity contribution in [2.45, 2.75) is 89.4 Å². The first-order chi connectivity index (χ1) is 22.4. The zero-order valence-electron chi connectivity index (χ0n) is 26.6. The minimum atomic E-state index is -1.11. The molecule has 250 valence electrons. The van der Waals surface area contributed by atoms with Crippen LogP contribution in [0.15, 0.2) is 65.8 Å². The first kappa shape index (κ1) is 34.3. The highest BCUT2D eigenvalue weighted by atomic mass is 16.8. The molecule has 5 rings (SSSR count). The Morgan fingerprint density at radius 3 is 2.41 bits per heavy atom. The number of nitrogens with zero attached hydrogens (tertiary/aromatic N) is 3. The van der Waals surface area contributed by atoms with Gasteiger partial charge in [0.25, 0.3) is 0 Å². The Morgan fingerprint density at radius 1 is 0.935 bits per heavy atom. The molecule has 3 aliphatic heterocycles. The van der Waals surface area contributed by atoms with E-state index in [0.29, 0.717) is 25.1 Å². The van der Waals surface area contributed by atoms with Crippen LogP contribution in [0.25, 0.3) is 10.4 Å². The van der Waals surface area contributed by atoms with Crippen molar-refractivity contribution in [3.05, 3.63) is 82.2 Å². The lowest BCUT2D eigenvalue weighted by molar-refractivity contribution is -0.387. The lowest BCUT2D eigenvalue weighted by Crippen LogP contribution is -2.64. The number of aliphatic hydroxyl groups is 1. The van der Waals surface area contributed by atoms with Crippen LogP contribution in [0.1, 0.15) is 62.2 Å². The van der Waals surface area contributed by atoms with Gasteiger partial charge in [0.05, 0.1) is 18.3 Å². The van der Waals surface area contributed by atoms with Crippen LogP contribution in [0.2, 0.25) is 0 Å². The Balaban J connectivity index is 1.27. The van der Waals surface area contributed by atoms with Gasteiger partial charge in [-0.2, -0.15) is 0 Å². The number of rotatable bonds is 13. The topological polar surface area (TPSA) is 151 Å². The number of carbonyl (C=O) groups excluding carboxylic acids is 1. The fraction of sp³-hybridized carbons (Fsp3) is 0.618. The highest BCUT2D eigenvalue weighted by Crippen LogP contribution is 2.40. The van der Waals surface area contributed by atoms with Crippen LogP contribution < -0.4 is 0 Å². The zero-order valence-corrected chi connectivity index (χ0v) is 26.6. The van der Waals surface area contributed by atoms with Crippen molar-refractivity contribution >= 4 is 5.97 Å². The summed E-state index contributed by atoms with van der Waals surface area (Å²) < 4.78 is 43.4. The predicted molar refractivity (Wildman–Crippen MR) is 166 cm³/mol. The molecular formula is C34H45N3O9. The summed E-state index contributed by atoms with van der Waals surface area (Å²) in [6.45, 7) is 7.31. The van der Waals surface area contributed by atoms with Crippen LogP contribution in [-0.2, 0) is 33.2 Å². The molecule has 0 bridgehead atoms. The number of hydrogen-bond acceptors (Lipinski definition) is 10. The van der Waals surface area contributed by atoms with Gasteiger partial charge in [-0.15, -0.1) is 0 Å². The second kappa shape index (κ2) is 16.7. The minimum Gasteiger partial charge on any atom is -0.459 e. The molecule has 3 aliphatic rings. The summed E-state index contributed by atoms with van der Waals surface area (Å²) >= 11 is 0. The molecule has 11 atom stereocenters. The summed E-state index contributed by atoms with van der Waals surface area (Å²) in [7, 11) is 0. The van der Waals surface area contributed by atoms with Gasteiger partial charge in [0, 0.05) is 29.5 Å². The van der Waals surface area contributed by atoms with E-state index in [-0.39, 0.29) is 31.0 Å². The summed E-state index contributed by atoms with van der Waals surface area (Å²) in [5.41, 5.74) is 9.81. The molecular weight excluding hydrogens is 594 g/mol. The van der Waals surface area contributed by atoms with Crippen LogP contribution >= 0.6 is 0 Å². The number of carbonyl (C=O) groups is 1. The molecule has 0 saturated carbocycles. The Kier molecular flexibility index (Phi) is 12.4. The van der Waals surface area contributed by atoms with Crippen LogP contribution in [0.4, 0.5) is 0 Å². The number of benzene rings is 2. The van der Waals surface area contributed by atoms with Gasteiger partial charge in [-0.1, -0.05) is 80.8 Å². The molecule has 12 heteroatoms. The molecule has 0 radical (unpaired) electrons. The van der Waals surface area contributed by atoms with Crippen molar-refractivity contribution in [2.75, 3.05) is 26.4 Å². The van der Waals surface area contributed by atoms with Gasteiger partial charge in [-0.25, -0.2) is 4.79 Å². The average molecular weight is 640 g/mol. The number of hydrogen-bond donors (Lipinski definition) is 1. The molecule has 0 aliphatic carbocycles. The standard InChI is InChI=1S/C34H45N3O9/c1-21-22(2)26(19-41-31(39)24-13-7-4-8-14-24)43-32(23(21)3)46-30-28(38)29-27(20-42-33(45-29)25-15-9-5-10-16-25)44-34(30)40-18-12-6-11-17-36-37-35/h4-5,7-10,13-16,21-23,26-30,32-34,38H,6,11-12,17-20H2,1-3H3/t21-,22+,23?,26?,27?,28-,29-,30?,32+,33?,34-/m0/s1. The van der Waals surface area contributed by atoms with Crippen LogP contribution in [0.5, 0.6) is 0 Å². The number of esters is 1. The van der Waals surface area contributed by atoms with Gasteiger partial charge in [0.2, 0.25) is 0 Å². The van der Waals surface area contributed by atoms with Crippen molar-refractivity contribution < 1.29 is 43.1 Å². The monoisotopic (exact) mass is 639 g/mol. The maximum Gasteiger partial charge on any atom is 0.338 e. The number of azide groups is 1. The Labute approximate surface area is 269 Å². The smallest absolute Gasteiger partial charge is 0.338 e. The molecule has 2 aromatic rings. The fourth-order valence-corrected chi connectivity index (χ4v) is 6.13. The second-order valence-corrected chi connectivity index (χ2v) is 12.3. The molecule has 3 heterocycles. The largest absolute Gasteiger partial charge is 0.459 e.